The molecule has 0 saturated carbocycles. The van der Waals surface area contributed by atoms with Crippen LogP contribution in [-0.4, -0.2) is 29.9 Å². The number of hydrogen-bond donors (Lipinski definition) is 4. The van der Waals surface area contributed by atoms with Crippen LogP contribution < -0.4 is 11.1 Å². The Balaban J connectivity index is 0.000000534. The highest BCUT2D eigenvalue weighted by Gasteiger charge is 2.38. The summed E-state index contributed by atoms with van der Waals surface area (Å²) in [5.41, 5.74) is 7.11. The number of aryl methyl sites for hydroxylation is 1. The summed E-state index contributed by atoms with van der Waals surface area (Å²) in [5.74, 6) is -2.81. The third-order valence-electron chi connectivity index (χ3n) is 2.21. The number of halogens is 5. The molecule has 0 bridgehead atoms. The van der Waals surface area contributed by atoms with Crippen molar-refractivity contribution >= 4 is 27.9 Å². The summed E-state index contributed by atoms with van der Waals surface area (Å²) in [4.78, 5) is 8.90. The van der Waals surface area contributed by atoms with Crippen molar-refractivity contribution in [2.75, 3.05) is 6.67 Å². The lowest BCUT2D eigenvalue weighted by Crippen LogP contribution is -2.29. The molecule has 0 aliphatic carbocycles. The zero-order chi connectivity index (χ0) is 17.3. The number of nitrogens with two attached hydrogens (primary N) is 1. The van der Waals surface area contributed by atoms with Gasteiger partial charge in [0.1, 0.15) is 0 Å². The van der Waals surface area contributed by atoms with Gasteiger partial charge in [0.25, 0.3) is 0 Å². The number of hydrogen-bond acceptors (Lipinski definition) is 2. The molecule has 124 valence electrons. The normalized spacial score (nSPS) is 10.4. The van der Waals surface area contributed by atoms with Gasteiger partial charge in [-0.15, -0.1) is 0 Å². The fourth-order valence-corrected chi connectivity index (χ4v) is 1.83. The van der Waals surface area contributed by atoms with Gasteiger partial charge in [-0.25, -0.2) is 4.79 Å². The van der Waals surface area contributed by atoms with Gasteiger partial charge in [0.2, 0.25) is 0 Å². The zero-order valence-corrected chi connectivity index (χ0v) is 12.8. The minimum absolute atomic E-state index is 0.0565. The topological polar surface area (TPSA) is 99.2 Å². The molecule has 22 heavy (non-hydrogen) atoms. The van der Waals surface area contributed by atoms with Crippen molar-refractivity contribution < 1.29 is 27.5 Å². The molecule has 1 rings (SSSR count). The molecule has 0 unspecified atom stereocenters. The van der Waals surface area contributed by atoms with E-state index in [1.165, 1.54) is 0 Å². The Morgan fingerprint density at radius 1 is 1.41 bits per heavy atom. The van der Waals surface area contributed by atoms with Gasteiger partial charge >= 0.3 is 12.1 Å². The zero-order valence-electron chi connectivity index (χ0n) is 11.2. The van der Waals surface area contributed by atoms with E-state index in [9.17, 15) is 17.6 Å². The maximum atomic E-state index is 12.1. The number of rotatable bonds is 4. The lowest BCUT2D eigenvalue weighted by molar-refractivity contribution is -0.192. The van der Waals surface area contributed by atoms with E-state index < -0.39 is 12.1 Å². The lowest BCUT2D eigenvalue weighted by atomic mass is 10.1. The van der Waals surface area contributed by atoms with E-state index in [0.717, 1.165) is 15.6 Å². The summed E-state index contributed by atoms with van der Waals surface area (Å²) in [6.45, 7) is 0.146. The minimum Gasteiger partial charge on any atom is -0.475 e. The summed E-state index contributed by atoms with van der Waals surface area (Å²) in [6.07, 6.45) is -4.67. The summed E-state index contributed by atoms with van der Waals surface area (Å²) >= 11 is 3.38. The fraction of sp³-hybridized carbons (Fsp3) is 0.333. The van der Waals surface area contributed by atoms with Crippen LogP contribution in [0.1, 0.15) is 11.1 Å². The molecule has 5 nitrogen and oxygen atoms in total. The molecule has 1 aromatic carbocycles. The predicted molar refractivity (Wildman–Crippen MR) is 76.3 cm³/mol. The third-order valence-corrected chi connectivity index (χ3v) is 2.94. The quantitative estimate of drug-likeness (QED) is 0.362. The van der Waals surface area contributed by atoms with Gasteiger partial charge in [-0.1, -0.05) is 28.1 Å². The Kier molecular flexibility index (Phi) is 8.46. The monoisotopic (exact) mass is 387 g/mol. The molecule has 5 N–H and O–H groups in total. The van der Waals surface area contributed by atoms with Crippen LogP contribution in [0, 0.1) is 5.41 Å². The minimum atomic E-state index is -5.08. The number of guanidine groups is 1. The SMILES string of the molecule is N=C(N)NCc1ccc(CCF)c(Br)c1.O=C(O)C(F)(F)F. The van der Waals surface area contributed by atoms with Gasteiger partial charge in [0.15, 0.2) is 5.96 Å². The van der Waals surface area contributed by atoms with Crippen molar-refractivity contribution in [3.8, 4) is 0 Å². The standard InChI is InChI=1S/C10H13BrFN3.C2HF3O2/c11-9-5-7(6-15-10(13)14)1-2-8(9)3-4-12;3-2(4,5)1(6)7/h1-2,5H,3-4,6H2,(H4,13,14,15);(H,6,7). The highest BCUT2D eigenvalue weighted by molar-refractivity contribution is 9.10. The molecule has 0 saturated heterocycles. The van der Waals surface area contributed by atoms with Crippen LogP contribution in [0.4, 0.5) is 17.6 Å². The van der Waals surface area contributed by atoms with Crippen molar-refractivity contribution in [2.24, 2.45) is 5.73 Å². The first-order valence-corrected chi connectivity index (χ1v) is 6.58. The molecular weight excluding hydrogens is 374 g/mol. The third kappa shape index (κ3) is 8.45. The second-order valence-electron chi connectivity index (χ2n) is 3.93. The van der Waals surface area contributed by atoms with E-state index in [4.69, 9.17) is 21.0 Å². The largest absolute Gasteiger partial charge is 0.490 e. The molecule has 0 atom stereocenters. The van der Waals surface area contributed by atoms with E-state index in [1.54, 1.807) is 0 Å². The maximum absolute atomic E-state index is 12.1. The summed E-state index contributed by atoms with van der Waals surface area (Å²) < 4.78 is 44.8. The molecule has 0 aliphatic heterocycles. The van der Waals surface area contributed by atoms with E-state index in [2.05, 4.69) is 21.2 Å². The van der Waals surface area contributed by atoms with Gasteiger partial charge in [-0.2, -0.15) is 13.2 Å². The predicted octanol–water partition coefficient (Wildman–Crippen LogP) is 2.58. The number of aliphatic carboxylic acids is 1. The molecule has 0 aliphatic rings. The summed E-state index contributed by atoms with van der Waals surface area (Å²) in [5, 5.41) is 16.8. The first-order valence-electron chi connectivity index (χ1n) is 5.79. The fourth-order valence-electron chi connectivity index (χ4n) is 1.20. The second-order valence-corrected chi connectivity index (χ2v) is 4.79. The van der Waals surface area contributed by atoms with Crippen molar-refractivity contribution in [1.82, 2.24) is 5.32 Å². The molecule has 0 fully saturated rings. The smallest absolute Gasteiger partial charge is 0.475 e. The Labute approximate surface area is 132 Å². The van der Waals surface area contributed by atoms with E-state index >= 15 is 0 Å². The number of alkyl halides is 4. The van der Waals surface area contributed by atoms with Crippen LogP contribution in [0.2, 0.25) is 0 Å². The summed E-state index contributed by atoms with van der Waals surface area (Å²) in [7, 11) is 0. The van der Waals surface area contributed by atoms with Crippen LogP contribution in [0.3, 0.4) is 0 Å². The van der Waals surface area contributed by atoms with Crippen LogP contribution in [-0.2, 0) is 17.8 Å². The number of benzene rings is 1. The van der Waals surface area contributed by atoms with Crippen LogP contribution in [0.15, 0.2) is 22.7 Å². The number of carbonyl (C=O) groups is 1. The number of carboxylic acid groups (broad SMARTS) is 1. The number of carboxylic acids is 1. The molecule has 10 heteroatoms. The first kappa shape index (κ1) is 20.2. The average molecular weight is 388 g/mol. The summed E-state index contributed by atoms with van der Waals surface area (Å²) in [6, 6.07) is 5.67. The van der Waals surface area contributed by atoms with Crippen LogP contribution in [0.25, 0.3) is 0 Å². The second kappa shape index (κ2) is 9.23. The number of nitrogens with one attached hydrogen (secondary N) is 2. The Bertz CT molecular complexity index is 524. The average Bonchev–Trinajstić information content (AvgIpc) is 2.39. The van der Waals surface area contributed by atoms with E-state index in [-0.39, 0.29) is 12.6 Å². The van der Waals surface area contributed by atoms with Crippen molar-refractivity contribution in [1.29, 1.82) is 5.41 Å². The van der Waals surface area contributed by atoms with Gasteiger partial charge in [-0.05, 0) is 17.2 Å². The Hall–Kier alpha value is -1.84. The maximum Gasteiger partial charge on any atom is 0.490 e. The van der Waals surface area contributed by atoms with Crippen molar-refractivity contribution in [2.45, 2.75) is 19.1 Å². The molecule has 0 spiro atoms. The Morgan fingerprint density at radius 3 is 2.32 bits per heavy atom. The Morgan fingerprint density at radius 2 is 1.95 bits per heavy atom. The first-order chi connectivity index (χ1) is 10.1. The van der Waals surface area contributed by atoms with E-state index in [0.29, 0.717) is 13.0 Å². The van der Waals surface area contributed by atoms with E-state index in [1.807, 2.05) is 18.2 Å². The molecule has 0 amide bonds. The highest BCUT2D eigenvalue weighted by atomic mass is 79.9. The lowest BCUT2D eigenvalue weighted by Gasteiger charge is -2.07. The van der Waals surface area contributed by atoms with Gasteiger partial charge < -0.3 is 16.2 Å². The van der Waals surface area contributed by atoms with Crippen LogP contribution in [0.5, 0.6) is 0 Å². The van der Waals surface area contributed by atoms with Gasteiger partial charge in [0.05, 0.1) is 6.67 Å². The van der Waals surface area contributed by atoms with Gasteiger partial charge in [0, 0.05) is 17.4 Å². The molecule has 0 aromatic heterocycles. The van der Waals surface area contributed by atoms with Crippen molar-refractivity contribution in [3.05, 3.63) is 33.8 Å². The molecule has 1 aromatic rings. The molecule has 0 radical (unpaired) electrons. The van der Waals surface area contributed by atoms with Gasteiger partial charge in [-0.3, -0.25) is 9.80 Å². The highest BCUT2D eigenvalue weighted by Crippen LogP contribution is 2.19. The molecule has 0 heterocycles. The molecular formula is C12H14BrF4N3O2. The van der Waals surface area contributed by atoms with Crippen LogP contribution >= 0.6 is 15.9 Å². The van der Waals surface area contributed by atoms with Crippen molar-refractivity contribution in [3.63, 3.8) is 0 Å².